The lowest BCUT2D eigenvalue weighted by Crippen LogP contribution is -2.05. The van der Waals surface area contributed by atoms with Crippen molar-refractivity contribution in [2.75, 3.05) is 0 Å². The molecule has 3 rings (SSSR count). The molecule has 0 fully saturated rings. The fourth-order valence-electron chi connectivity index (χ4n) is 2.36. The molecular formula is C16H13NO2. The Kier molecular flexibility index (Phi) is 2.67. The summed E-state index contributed by atoms with van der Waals surface area (Å²) in [4.78, 5) is 15.5. The fourth-order valence-corrected chi connectivity index (χ4v) is 2.36. The van der Waals surface area contributed by atoms with Crippen LogP contribution in [0.1, 0.15) is 23.0 Å². The number of carboxylic acid groups (broad SMARTS) is 1. The van der Waals surface area contributed by atoms with E-state index < -0.39 is 5.97 Å². The number of benzene rings is 2. The molecule has 1 N–H and O–H groups in total. The molecule has 0 atom stereocenters. The smallest absolute Gasteiger partial charge is 0.354 e. The molecule has 3 nitrogen and oxygen atoms in total. The van der Waals surface area contributed by atoms with Gasteiger partial charge in [0.25, 0.3) is 0 Å². The first-order chi connectivity index (χ1) is 9.19. The highest BCUT2D eigenvalue weighted by Crippen LogP contribution is 2.24. The van der Waals surface area contributed by atoms with Crippen molar-refractivity contribution in [3.05, 3.63) is 53.7 Å². The minimum absolute atomic E-state index is 0.158. The van der Waals surface area contributed by atoms with Crippen LogP contribution in [0.15, 0.2) is 42.5 Å². The van der Waals surface area contributed by atoms with Gasteiger partial charge in [-0.3, -0.25) is 0 Å². The standard InChI is InChI=1S/C16H13NO2/c1-2-10-7-13-8-11-5-3-4-6-12(11)9-14(13)17-15(10)16(18)19/h3-9H,2H2,1H3,(H,18,19). The molecule has 3 aromatic rings. The zero-order valence-electron chi connectivity index (χ0n) is 10.6. The van der Waals surface area contributed by atoms with Crippen molar-refractivity contribution in [3.8, 4) is 0 Å². The summed E-state index contributed by atoms with van der Waals surface area (Å²) in [5, 5.41) is 12.4. The SMILES string of the molecule is CCc1cc2cc3ccccc3cc2nc1C(=O)O. The number of fused-ring (bicyclic) bond motifs is 2. The molecule has 0 aliphatic heterocycles. The largest absolute Gasteiger partial charge is 0.477 e. The maximum absolute atomic E-state index is 11.2. The van der Waals surface area contributed by atoms with Crippen LogP contribution in [-0.4, -0.2) is 16.1 Å². The molecule has 3 heteroatoms. The molecule has 0 spiro atoms. The van der Waals surface area contributed by atoms with Crippen LogP contribution in [0.5, 0.6) is 0 Å². The Labute approximate surface area is 110 Å². The summed E-state index contributed by atoms with van der Waals surface area (Å²) in [6.07, 6.45) is 0.664. The van der Waals surface area contributed by atoms with Crippen molar-refractivity contribution < 1.29 is 9.90 Å². The van der Waals surface area contributed by atoms with Gasteiger partial charge in [0.15, 0.2) is 5.69 Å². The van der Waals surface area contributed by atoms with E-state index in [1.54, 1.807) is 0 Å². The lowest BCUT2D eigenvalue weighted by atomic mass is 10.0. The molecule has 0 bridgehead atoms. The molecule has 0 aliphatic rings. The van der Waals surface area contributed by atoms with Gasteiger partial charge in [-0.15, -0.1) is 0 Å². The number of aromatic nitrogens is 1. The number of rotatable bonds is 2. The van der Waals surface area contributed by atoms with E-state index >= 15 is 0 Å². The van der Waals surface area contributed by atoms with Crippen LogP contribution in [0.2, 0.25) is 0 Å². The molecular weight excluding hydrogens is 238 g/mol. The van der Waals surface area contributed by atoms with Crippen LogP contribution >= 0.6 is 0 Å². The average molecular weight is 251 g/mol. The zero-order valence-corrected chi connectivity index (χ0v) is 10.6. The summed E-state index contributed by atoms with van der Waals surface area (Å²) in [5.74, 6) is -0.966. The second-order valence-electron chi connectivity index (χ2n) is 4.55. The van der Waals surface area contributed by atoms with Crippen molar-refractivity contribution in [3.63, 3.8) is 0 Å². The lowest BCUT2D eigenvalue weighted by molar-refractivity contribution is 0.0689. The fraction of sp³-hybridized carbons (Fsp3) is 0.125. The Bertz CT molecular complexity index is 793. The van der Waals surface area contributed by atoms with Gasteiger partial charge in [0.2, 0.25) is 0 Å². The summed E-state index contributed by atoms with van der Waals surface area (Å²) in [5.41, 5.74) is 1.66. The Hall–Kier alpha value is -2.42. The van der Waals surface area contributed by atoms with Gasteiger partial charge in [0.05, 0.1) is 5.52 Å². The monoisotopic (exact) mass is 251 g/mol. The van der Waals surface area contributed by atoms with E-state index in [-0.39, 0.29) is 5.69 Å². The van der Waals surface area contributed by atoms with Gasteiger partial charge < -0.3 is 5.11 Å². The predicted octanol–water partition coefficient (Wildman–Crippen LogP) is 3.65. The van der Waals surface area contributed by atoms with Gasteiger partial charge in [-0.25, -0.2) is 9.78 Å². The number of pyridine rings is 1. The summed E-state index contributed by atoms with van der Waals surface area (Å²) >= 11 is 0. The van der Waals surface area contributed by atoms with E-state index in [9.17, 15) is 9.90 Å². The maximum Gasteiger partial charge on any atom is 0.354 e. The van der Waals surface area contributed by atoms with Crippen LogP contribution in [0.3, 0.4) is 0 Å². The van der Waals surface area contributed by atoms with Gasteiger partial charge in [-0.2, -0.15) is 0 Å². The van der Waals surface area contributed by atoms with Crippen molar-refractivity contribution in [2.45, 2.75) is 13.3 Å². The third kappa shape index (κ3) is 1.93. The van der Waals surface area contributed by atoms with Crippen molar-refractivity contribution >= 4 is 27.6 Å². The van der Waals surface area contributed by atoms with Crippen LogP contribution in [0.4, 0.5) is 0 Å². The van der Waals surface area contributed by atoms with Crippen LogP contribution in [-0.2, 0) is 6.42 Å². The number of hydrogen-bond acceptors (Lipinski definition) is 2. The number of aromatic carboxylic acids is 1. The van der Waals surface area contributed by atoms with E-state index in [2.05, 4.69) is 11.1 Å². The quantitative estimate of drug-likeness (QED) is 0.707. The van der Waals surface area contributed by atoms with Gasteiger partial charge in [-0.1, -0.05) is 31.2 Å². The highest BCUT2D eigenvalue weighted by molar-refractivity contribution is 5.99. The lowest BCUT2D eigenvalue weighted by Gasteiger charge is -2.07. The normalized spacial score (nSPS) is 11.0. The molecule has 0 aliphatic carbocycles. The second kappa shape index (κ2) is 4.35. The minimum atomic E-state index is -0.966. The molecule has 94 valence electrons. The van der Waals surface area contributed by atoms with Crippen molar-refractivity contribution in [1.29, 1.82) is 0 Å². The Morgan fingerprint density at radius 1 is 1.11 bits per heavy atom. The van der Waals surface area contributed by atoms with Crippen LogP contribution < -0.4 is 0 Å². The number of carbonyl (C=O) groups is 1. The van der Waals surface area contributed by atoms with Crippen molar-refractivity contribution in [2.24, 2.45) is 0 Å². The Balaban J connectivity index is 2.38. The Morgan fingerprint density at radius 3 is 2.42 bits per heavy atom. The molecule has 0 saturated heterocycles. The first-order valence-electron chi connectivity index (χ1n) is 6.25. The molecule has 1 aromatic heterocycles. The third-order valence-electron chi connectivity index (χ3n) is 3.34. The molecule has 0 unspecified atom stereocenters. The number of hydrogen-bond donors (Lipinski definition) is 1. The molecule has 1 heterocycles. The first kappa shape index (κ1) is 11.7. The highest BCUT2D eigenvalue weighted by Gasteiger charge is 2.12. The topological polar surface area (TPSA) is 50.2 Å². The number of aryl methyl sites for hydroxylation is 1. The van der Waals surface area contributed by atoms with E-state index in [1.165, 1.54) is 0 Å². The first-order valence-corrected chi connectivity index (χ1v) is 6.25. The summed E-state index contributed by atoms with van der Waals surface area (Å²) in [6, 6.07) is 13.9. The van der Waals surface area contributed by atoms with Crippen LogP contribution in [0.25, 0.3) is 21.7 Å². The molecule has 0 saturated carbocycles. The molecule has 19 heavy (non-hydrogen) atoms. The van der Waals surface area contributed by atoms with Crippen LogP contribution in [0, 0.1) is 0 Å². The van der Waals surface area contributed by atoms with E-state index in [0.29, 0.717) is 6.42 Å². The Morgan fingerprint density at radius 2 is 1.79 bits per heavy atom. The molecule has 2 aromatic carbocycles. The minimum Gasteiger partial charge on any atom is -0.477 e. The third-order valence-corrected chi connectivity index (χ3v) is 3.34. The second-order valence-corrected chi connectivity index (χ2v) is 4.55. The van der Waals surface area contributed by atoms with E-state index in [0.717, 1.165) is 27.2 Å². The highest BCUT2D eigenvalue weighted by atomic mass is 16.4. The number of carboxylic acids is 1. The van der Waals surface area contributed by atoms with E-state index in [1.807, 2.05) is 43.3 Å². The average Bonchev–Trinajstić information content (AvgIpc) is 2.43. The molecule has 0 radical (unpaired) electrons. The summed E-state index contributed by atoms with van der Waals surface area (Å²) < 4.78 is 0. The number of nitrogens with zero attached hydrogens (tertiary/aromatic N) is 1. The summed E-state index contributed by atoms with van der Waals surface area (Å²) in [6.45, 7) is 1.94. The predicted molar refractivity (Wildman–Crippen MR) is 75.6 cm³/mol. The van der Waals surface area contributed by atoms with E-state index in [4.69, 9.17) is 0 Å². The zero-order chi connectivity index (χ0) is 13.4. The van der Waals surface area contributed by atoms with Gasteiger partial charge in [0, 0.05) is 5.39 Å². The summed E-state index contributed by atoms with van der Waals surface area (Å²) in [7, 11) is 0. The van der Waals surface area contributed by atoms with Gasteiger partial charge in [0.1, 0.15) is 0 Å². The van der Waals surface area contributed by atoms with Crippen molar-refractivity contribution in [1.82, 2.24) is 4.98 Å². The van der Waals surface area contributed by atoms with Gasteiger partial charge in [-0.05, 0) is 41.0 Å². The maximum atomic E-state index is 11.2. The van der Waals surface area contributed by atoms with Gasteiger partial charge >= 0.3 is 5.97 Å². The molecule has 0 amide bonds.